The fraction of sp³-hybridized carbons (Fsp3) is 0.455. The minimum absolute atomic E-state index is 0.0305. The van der Waals surface area contributed by atoms with Crippen LogP contribution >= 0.6 is 11.6 Å². The molecule has 0 fully saturated rings. The van der Waals surface area contributed by atoms with E-state index in [0.29, 0.717) is 25.2 Å². The Balaban J connectivity index is 2.57. The third-order valence-corrected chi connectivity index (χ3v) is 2.36. The lowest BCUT2D eigenvalue weighted by Crippen LogP contribution is -2.03. The molecule has 1 rings (SSSR count). The SMILES string of the molecule is CCOCCC(O)c1ccc(F)c(Cl)c1. The van der Waals surface area contributed by atoms with Crippen LogP contribution < -0.4 is 0 Å². The monoisotopic (exact) mass is 232 g/mol. The summed E-state index contributed by atoms with van der Waals surface area (Å²) in [6.07, 6.45) is -0.176. The third-order valence-electron chi connectivity index (χ3n) is 2.07. The van der Waals surface area contributed by atoms with E-state index >= 15 is 0 Å². The van der Waals surface area contributed by atoms with Crippen LogP contribution in [0.1, 0.15) is 25.0 Å². The molecule has 0 aliphatic carbocycles. The Morgan fingerprint density at radius 2 is 2.27 bits per heavy atom. The van der Waals surface area contributed by atoms with Gasteiger partial charge in [-0.05, 0) is 24.6 Å². The smallest absolute Gasteiger partial charge is 0.141 e. The molecule has 0 radical (unpaired) electrons. The number of benzene rings is 1. The van der Waals surface area contributed by atoms with Gasteiger partial charge in [0.05, 0.1) is 11.1 Å². The summed E-state index contributed by atoms with van der Waals surface area (Å²) in [6, 6.07) is 4.22. The average Bonchev–Trinajstić information content (AvgIpc) is 2.22. The Hall–Kier alpha value is -0.640. The molecule has 84 valence electrons. The molecular formula is C11H14ClFO2. The Kier molecular flexibility index (Phi) is 5.02. The molecule has 4 heteroatoms. The van der Waals surface area contributed by atoms with E-state index in [1.54, 1.807) is 0 Å². The van der Waals surface area contributed by atoms with Crippen LogP contribution in [0.25, 0.3) is 0 Å². The zero-order valence-electron chi connectivity index (χ0n) is 8.54. The van der Waals surface area contributed by atoms with E-state index in [-0.39, 0.29) is 5.02 Å². The van der Waals surface area contributed by atoms with Gasteiger partial charge in [0, 0.05) is 19.6 Å². The molecule has 0 aliphatic rings. The number of aliphatic hydroxyl groups excluding tert-OH is 1. The van der Waals surface area contributed by atoms with Crippen LogP contribution in [-0.4, -0.2) is 18.3 Å². The molecule has 0 saturated carbocycles. The van der Waals surface area contributed by atoms with Crippen molar-refractivity contribution in [2.24, 2.45) is 0 Å². The number of rotatable bonds is 5. The molecule has 15 heavy (non-hydrogen) atoms. The van der Waals surface area contributed by atoms with Gasteiger partial charge in [-0.15, -0.1) is 0 Å². The van der Waals surface area contributed by atoms with Crippen LogP contribution in [-0.2, 0) is 4.74 Å². The molecule has 1 atom stereocenters. The van der Waals surface area contributed by atoms with Crippen LogP contribution in [0.15, 0.2) is 18.2 Å². The second-order valence-electron chi connectivity index (χ2n) is 3.17. The molecule has 0 heterocycles. The first-order valence-electron chi connectivity index (χ1n) is 4.86. The number of hydrogen-bond donors (Lipinski definition) is 1. The molecule has 1 N–H and O–H groups in total. The molecule has 0 spiro atoms. The van der Waals surface area contributed by atoms with Crippen molar-refractivity contribution in [1.29, 1.82) is 0 Å². The van der Waals surface area contributed by atoms with Crippen LogP contribution in [0.5, 0.6) is 0 Å². The van der Waals surface area contributed by atoms with E-state index in [2.05, 4.69) is 0 Å². The summed E-state index contributed by atoms with van der Waals surface area (Å²) >= 11 is 5.60. The van der Waals surface area contributed by atoms with Crippen LogP contribution in [0.2, 0.25) is 5.02 Å². The highest BCUT2D eigenvalue weighted by Gasteiger charge is 2.09. The van der Waals surface area contributed by atoms with Gasteiger partial charge in [-0.3, -0.25) is 0 Å². The maximum absolute atomic E-state index is 12.8. The molecular weight excluding hydrogens is 219 g/mol. The molecule has 0 aromatic heterocycles. The number of aliphatic hydroxyl groups is 1. The molecule has 1 aromatic carbocycles. The van der Waals surface area contributed by atoms with Crippen LogP contribution in [0, 0.1) is 5.82 Å². The van der Waals surface area contributed by atoms with E-state index in [4.69, 9.17) is 16.3 Å². The van der Waals surface area contributed by atoms with Gasteiger partial charge < -0.3 is 9.84 Å². The summed E-state index contributed by atoms with van der Waals surface area (Å²) in [7, 11) is 0. The predicted molar refractivity (Wildman–Crippen MR) is 57.5 cm³/mol. The largest absolute Gasteiger partial charge is 0.388 e. The fourth-order valence-electron chi connectivity index (χ4n) is 1.23. The minimum Gasteiger partial charge on any atom is -0.388 e. The van der Waals surface area contributed by atoms with Crippen molar-refractivity contribution in [3.05, 3.63) is 34.6 Å². The third kappa shape index (κ3) is 3.78. The van der Waals surface area contributed by atoms with E-state index in [0.717, 1.165) is 0 Å². The van der Waals surface area contributed by atoms with Gasteiger partial charge in [-0.1, -0.05) is 17.7 Å². The second-order valence-corrected chi connectivity index (χ2v) is 3.58. The molecule has 1 unspecified atom stereocenters. The van der Waals surface area contributed by atoms with Gasteiger partial charge >= 0.3 is 0 Å². The van der Waals surface area contributed by atoms with Gasteiger partial charge in [0.2, 0.25) is 0 Å². The minimum atomic E-state index is -0.658. The highest BCUT2D eigenvalue weighted by Crippen LogP contribution is 2.22. The van der Waals surface area contributed by atoms with E-state index < -0.39 is 11.9 Å². The maximum atomic E-state index is 12.8. The zero-order chi connectivity index (χ0) is 11.3. The molecule has 2 nitrogen and oxygen atoms in total. The van der Waals surface area contributed by atoms with Crippen molar-refractivity contribution in [2.75, 3.05) is 13.2 Å². The van der Waals surface area contributed by atoms with Gasteiger partial charge in [-0.2, -0.15) is 0 Å². The lowest BCUT2D eigenvalue weighted by molar-refractivity contribution is 0.0886. The molecule has 0 aliphatic heterocycles. The van der Waals surface area contributed by atoms with E-state index in [9.17, 15) is 9.50 Å². The van der Waals surface area contributed by atoms with Crippen molar-refractivity contribution in [3.8, 4) is 0 Å². The first-order chi connectivity index (χ1) is 7.15. The van der Waals surface area contributed by atoms with E-state index in [1.165, 1.54) is 18.2 Å². The quantitative estimate of drug-likeness (QED) is 0.791. The Bertz CT molecular complexity index is 317. The zero-order valence-corrected chi connectivity index (χ0v) is 9.30. The second kappa shape index (κ2) is 6.05. The normalized spacial score (nSPS) is 12.8. The average molecular weight is 233 g/mol. The number of halogens is 2. The molecule has 0 amide bonds. The summed E-state index contributed by atoms with van der Waals surface area (Å²) in [4.78, 5) is 0. The summed E-state index contributed by atoms with van der Waals surface area (Å²) < 4.78 is 17.9. The molecule has 1 aromatic rings. The van der Waals surface area contributed by atoms with E-state index in [1.807, 2.05) is 6.92 Å². The van der Waals surface area contributed by atoms with Crippen molar-refractivity contribution >= 4 is 11.6 Å². The van der Waals surface area contributed by atoms with Crippen LogP contribution in [0.4, 0.5) is 4.39 Å². The maximum Gasteiger partial charge on any atom is 0.141 e. The standard InChI is InChI=1S/C11H14ClFO2/c1-2-15-6-5-11(14)8-3-4-10(13)9(12)7-8/h3-4,7,11,14H,2,5-6H2,1H3. The lowest BCUT2D eigenvalue weighted by Gasteiger charge is -2.11. The molecule has 0 saturated heterocycles. The highest BCUT2D eigenvalue weighted by atomic mass is 35.5. The number of ether oxygens (including phenoxy) is 1. The van der Waals surface area contributed by atoms with Gasteiger partial charge in [0.25, 0.3) is 0 Å². The topological polar surface area (TPSA) is 29.5 Å². The van der Waals surface area contributed by atoms with Crippen molar-refractivity contribution in [1.82, 2.24) is 0 Å². The fourth-order valence-corrected chi connectivity index (χ4v) is 1.41. The van der Waals surface area contributed by atoms with Crippen molar-refractivity contribution in [2.45, 2.75) is 19.4 Å². The van der Waals surface area contributed by atoms with Gasteiger partial charge in [-0.25, -0.2) is 4.39 Å². The van der Waals surface area contributed by atoms with Crippen molar-refractivity contribution < 1.29 is 14.2 Å². The summed E-state index contributed by atoms with van der Waals surface area (Å²) in [5.41, 5.74) is 0.612. The Morgan fingerprint density at radius 3 is 2.87 bits per heavy atom. The number of hydrogen-bond acceptors (Lipinski definition) is 2. The molecule has 0 bridgehead atoms. The first-order valence-corrected chi connectivity index (χ1v) is 5.23. The summed E-state index contributed by atoms with van der Waals surface area (Å²) in [5, 5.41) is 9.73. The highest BCUT2D eigenvalue weighted by molar-refractivity contribution is 6.30. The summed E-state index contributed by atoms with van der Waals surface area (Å²) in [6.45, 7) is 2.99. The van der Waals surface area contributed by atoms with Gasteiger partial charge in [0.1, 0.15) is 5.82 Å². The van der Waals surface area contributed by atoms with Crippen molar-refractivity contribution in [3.63, 3.8) is 0 Å². The Labute approximate surface area is 93.6 Å². The Morgan fingerprint density at radius 1 is 1.53 bits per heavy atom. The predicted octanol–water partition coefficient (Wildman–Crippen LogP) is 2.94. The summed E-state index contributed by atoms with van der Waals surface area (Å²) in [5.74, 6) is -0.475. The lowest BCUT2D eigenvalue weighted by atomic mass is 10.1. The first kappa shape index (κ1) is 12.4. The van der Waals surface area contributed by atoms with Crippen LogP contribution in [0.3, 0.4) is 0 Å². The van der Waals surface area contributed by atoms with Gasteiger partial charge in [0.15, 0.2) is 0 Å².